The average Bonchev–Trinajstić information content (AvgIpc) is 2.74. The SMILES string of the molecule is COC(=O)C1C(C)=NC(C)=C(C(=O)NC(C(=O)OC(C)(C)C)C(C)C)C1c1cccc([N+](=O)[O-])c1. The van der Waals surface area contributed by atoms with E-state index in [4.69, 9.17) is 9.47 Å². The third kappa shape index (κ3) is 6.52. The quantitative estimate of drug-likeness (QED) is 0.352. The highest BCUT2D eigenvalue weighted by molar-refractivity contribution is 6.08. The lowest BCUT2D eigenvalue weighted by Gasteiger charge is -2.33. The van der Waals surface area contributed by atoms with Gasteiger partial charge in [0.25, 0.3) is 5.69 Å². The molecule has 2 rings (SSSR count). The normalized spacial score (nSPS) is 19.1. The van der Waals surface area contributed by atoms with Crippen LogP contribution in [0.25, 0.3) is 0 Å². The first-order valence-electron chi connectivity index (χ1n) is 11.3. The number of carbonyl (C=O) groups is 3. The van der Waals surface area contributed by atoms with Gasteiger partial charge in [0.2, 0.25) is 5.91 Å². The number of rotatable bonds is 7. The molecule has 0 saturated carbocycles. The highest BCUT2D eigenvalue weighted by Gasteiger charge is 2.43. The van der Waals surface area contributed by atoms with Crippen LogP contribution in [0.3, 0.4) is 0 Å². The largest absolute Gasteiger partial charge is 0.468 e. The van der Waals surface area contributed by atoms with Gasteiger partial charge in [0.1, 0.15) is 17.6 Å². The van der Waals surface area contributed by atoms with E-state index in [9.17, 15) is 24.5 Å². The van der Waals surface area contributed by atoms with Gasteiger partial charge in [-0.2, -0.15) is 0 Å². The molecule has 1 aliphatic heterocycles. The van der Waals surface area contributed by atoms with Crippen LogP contribution in [-0.2, 0) is 23.9 Å². The van der Waals surface area contributed by atoms with Gasteiger partial charge < -0.3 is 14.8 Å². The molecule has 1 aliphatic rings. The first-order valence-corrected chi connectivity index (χ1v) is 11.3. The molecule has 10 nitrogen and oxygen atoms in total. The second-order valence-corrected chi connectivity index (χ2v) is 9.81. The Morgan fingerprint density at radius 2 is 1.80 bits per heavy atom. The van der Waals surface area contributed by atoms with Gasteiger partial charge in [0.05, 0.1) is 12.0 Å². The van der Waals surface area contributed by atoms with Gasteiger partial charge in [-0.3, -0.25) is 24.7 Å². The molecule has 0 bridgehead atoms. The van der Waals surface area contributed by atoms with Crippen molar-refractivity contribution < 1.29 is 28.8 Å². The molecule has 0 fully saturated rings. The Labute approximate surface area is 204 Å². The molecule has 3 unspecified atom stereocenters. The molecule has 1 amide bonds. The van der Waals surface area contributed by atoms with Crippen molar-refractivity contribution in [2.75, 3.05) is 7.11 Å². The number of nitro groups is 1. The molecule has 3 atom stereocenters. The first-order chi connectivity index (χ1) is 16.2. The molecule has 1 N–H and O–H groups in total. The Hall–Kier alpha value is -3.56. The molecule has 1 aromatic rings. The summed E-state index contributed by atoms with van der Waals surface area (Å²) in [5.41, 5.74) is 0.320. The van der Waals surface area contributed by atoms with Crippen LogP contribution in [0, 0.1) is 22.0 Å². The van der Waals surface area contributed by atoms with E-state index in [-0.39, 0.29) is 17.2 Å². The van der Waals surface area contributed by atoms with Crippen molar-refractivity contribution in [2.24, 2.45) is 16.8 Å². The van der Waals surface area contributed by atoms with Crippen molar-refractivity contribution in [2.45, 2.75) is 66.0 Å². The summed E-state index contributed by atoms with van der Waals surface area (Å²) < 4.78 is 10.5. The van der Waals surface area contributed by atoms with Crippen molar-refractivity contribution in [1.82, 2.24) is 5.32 Å². The minimum absolute atomic E-state index is 0.126. The zero-order valence-electron chi connectivity index (χ0n) is 21.4. The molecule has 1 heterocycles. The molecule has 35 heavy (non-hydrogen) atoms. The Bertz CT molecular complexity index is 1080. The number of ether oxygens (including phenoxy) is 2. The fourth-order valence-electron chi connectivity index (χ4n) is 4.04. The number of nitrogens with one attached hydrogen (secondary N) is 1. The Kier molecular flexibility index (Phi) is 8.54. The molecular formula is C25H33N3O7. The van der Waals surface area contributed by atoms with Gasteiger partial charge in [0, 0.05) is 35.0 Å². The number of allylic oxidation sites excluding steroid dienone is 1. The predicted molar refractivity (Wildman–Crippen MR) is 130 cm³/mol. The van der Waals surface area contributed by atoms with Gasteiger partial charge in [-0.1, -0.05) is 26.0 Å². The molecule has 0 aromatic heterocycles. The first kappa shape index (κ1) is 27.7. The Balaban J connectivity index is 2.60. The van der Waals surface area contributed by atoms with Crippen LogP contribution in [0.1, 0.15) is 59.9 Å². The van der Waals surface area contributed by atoms with Gasteiger partial charge in [-0.15, -0.1) is 0 Å². The van der Waals surface area contributed by atoms with E-state index in [0.717, 1.165) is 0 Å². The molecule has 0 saturated heterocycles. The zero-order valence-corrected chi connectivity index (χ0v) is 21.4. The van der Waals surface area contributed by atoms with Crippen molar-refractivity contribution in [3.63, 3.8) is 0 Å². The maximum Gasteiger partial charge on any atom is 0.329 e. The minimum Gasteiger partial charge on any atom is -0.468 e. The highest BCUT2D eigenvalue weighted by atomic mass is 16.6. The van der Waals surface area contributed by atoms with Gasteiger partial charge >= 0.3 is 11.9 Å². The molecular weight excluding hydrogens is 454 g/mol. The average molecular weight is 488 g/mol. The van der Waals surface area contributed by atoms with Crippen LogP contribution in [0.15, 0.2) is 40.5 Å². The third-order valence-corrected chi connectivity index (χ3v) is 5.58. The van der Waals surface area contributed by atoms with E-state index in [2.05, 4.69) is 10.3 Å². The summed E-state index contributed by atoms with van der Waals surface area (Å²) >= 11 is 0. The van der Waals surface area contributed by atoms with Crippen molar-refractivity contribution in [1.29, 1.82) is 0 Å². The van der Waals surface area contributed by atoms with Crippen LogP contribution in [0.4, 0.5) is 5.69 Å². The lowest BCUT2D eigenvalue weighted by Crippen LogP contribution is -2.49. The number of methoxy groups -OCH3 is 1. The molecule has 0 spiro atoms. The number of carbonyl (C=O) groups excluding carboxylic acids is 3. The fraction of sp³-hybridized carbons (Fsp3) is 0.520. The number of nitrogens with zero attached hydrogens (tertiary/aromatic N) is 2. The second-order valence-electron chi connectivity index (χ2n) is 9.81. The molecule has 0 aliphatic carbocycles. The maximum absolute atomic E-state index is 13.6. The molecule has 1 aromatic carbocycles. The standard InChI is InChI=1S/C25H33N3O7/c1-13(2)21(24(31)35-25(5,6)7)27-22(29)18-14(3)26-15(4)19(23(30)34-8)20(18)16-10-9-11-17(12-16)28(32)33/h9-13,19-21H,1-8H3,(H,27,29). The summed E-state index contributed by atoms with van der Waals surface area (Å²) in [6, 6.07) is 4.80. The maximum atomic E-state index is 13.6. The number of esters is 2. The number of hydrogen-bond donors (Lipinski definition) is 1. The van der Waals surface area contributed by atoms with E-state index in [1.54, 1.807) is 54.5 Å². The van der Waals surface area contributed by atoms with Crippen molar-refractivity contribution >= 4 is 29.2 Å². The van der Waals surface area contributed by atoms with E-state index in [1.807, 2.05) is 0 Å². The topological polar surface area (TPSA) is 137 Å². The molecule has 0 radical (unpaired) electrons. The summed E-state index contributed by atoms with van der Waals surface area (Å²) in [6.07, 6.45) is 0. The summed E-state index contributed by atoms with van der Waals surface area (Å²) in [6.45, 7) is 12.0. The Morgan fingerprint density at radius 1 is 1.17 bits per heavy atom. The van der Waals surface area contributed by atoms with Crippen LogP contribution >= 0.6 is 0 Å². The molecule has 10 heteroatoms. The summed E-state index contributed by atoms with van der Waals surface area (Å²) in [5.74, 6) is -4.03. The van der Waals surface area contributed by atoms with Gasteiger partial charge in [-0.05, 0) is 46.1 Å². The Morgan fingerprint density at radius 3 is 2.31 bits per heavy atom. The fourth-order valence-corrected chi connectivity index (χ4v) is 4.04. The van der Waals surface area contributed by atoms with E-state index < -0.39 is 46.2 Å². The van der Waals surface area contributed by atoms with Crippen LogP contribution < -0.4 is 5.32 Å². The van der Waals surface area contributed by atoms with Crippen molar-refractivity contribution in [3.05, 3.63) is 51.2 Å². The van der Waals surface area contributed by atoms with Gasteiger partial charge in [-0.25, -0.2) is 4.79 Å². The smallest absolute Gasteiger partial charge is 0.329 e. The lowest BCUT2D eigenvalue weighted by molar-refractivity contribution is -0.384. The zero-order chi connectivity index (χ0) is 26.7. The van der Waals surface area contributed by atoms with Gasteiger partial charge in [0.15, 0.2) is 0 Å². The number of aliphatic imine (C=N–C) groups is 1. The van der Waals surface area contributed by atoms with E-state index >= 15 is 0 Å². The van der Waals surface area contributed by atoms with Crippen LogP contribution in [0.5, 0.6) is 0 Å². The number of hydrogen-bond acceptors (Lipinski definition) is 8. The minimum atomic E-state index is -0.981. The third-order valence-electron chi connectivity index (χ3n) is 5.58. The van der Waals surface area contributed by atoms with E-state index in [1.165, 1.54) is 25.3 Å². The number of amides is 1. The molecule has 190 valence electrons. The number of non-ortho nitro benzene ring substituents is 1. The summed E-state index contributed by atoms with van der Waals surface area (Å²) in [5, 5.41) is 14.2. The monoisotopic (exact) mass is 487 g/mol. The summed E-state index contributed by atoms with van der Waals surface area (Å²) in [7, 11) is 1.22. The summed E-state index contributed by atoms with van der Waals surface area (Å²) in [4.78, 5) is 54.5. The highest BCUT2D eigenvalue weighted by Crippen LogP contribution is 2.40. The number of benzene rings is 1. The lowest BCUT2D eigenvalue weighted by atomic mass is 9.75. The predicted octanol–water partition coefficient (Wildman–Crippen LogP) is 3.70. The number of nitro benzene ring substituents is 1. The van der Waals surface area contributed by atoms with Crippen LogP contribution in [-0.4, -0.2) is 47.2 Å². The second kappa shape index (κ2) is 10.8. The van der Waals surface area contributed by atoms with E-state index in [0.29, 0.717) is 17.0 Å². The van der Waals surface area contributed by atoms with Crippen molar-refractivity contribution in [3.8, 4) is 0 Å². The van der Waals surface area contributed by atoms with Crippen LogP contribution in [0.2, 0.25) is 0 Å².